The van der Waals surface area contributed by atoms with E-state index in [0.29, 0.717) is 60.1 Å². The summed E-state index contributed by atoms with van der Waals surface area (Å²) in [6.07, 6.45) is 2.73. The van der Waals surface area contributed by atoms with Gasteiger partial charge in [0.15, 0.2) is 0 Å². The predicted octanol–water partition coefficient (Wildman–Crippen LogP) is 5.78. The van der Waals surface area contributed by atoms with Gasteiger partial charge >= 0.3 is 5.97 Å². The summed E-state index contributed by atoms with van der Waals surface area (Å²) in [5.74, 6) is 0.881. The van der Waals surface area contributed by atoms with Crippen LogP contribution in [0.5, 0.6) is 17.2 Å². The average molecular weight is 464 g/mol. The molecular weight excluding hydrogens is 434 g/mol. The van der Waals surface area contributed by atoms with Gasteiger partial charge in [-0.25, -0.2) is 0 Å². The Hall–Kier alpha value is -2.80. The lowest BCUT2D eigenvalue weighted by molar-refractivity contribution is -0.139. The van der Waals surface area contributed by atoms with Gasteiger partial charge in [-0.2, -0.15) is 4.91 Å². The molecule has 2 aromatic carbocycles. The zero-order chi connectivity index (χ0) is 23.5. The Morgan fingerprint density at radius 1 is 1.12 bits per heavy atom. The highest BCUT2D eigenvalue weighted by molar-refractivity contribution is 6.32. The van der Waals surface area contributed by atoms with E-state index in [1.165, 1.54) is 7.11 Å². The molecule has 7 nitrogen and oxygen atoms in total. The molecule has 1 N–H and O–H groups in total. The first-order valence-corrected chi connectivity index (χ1v) is 11.1. The fourth-order valence-electron chi connectivity index (χ4n) is 3.32. The number of phenols is 1. The molecule has 0 amide bonds. The van der Waals surface area contributed by atoms with Crippen LogP contribution in [0, 0.1) is 4.91 Å². The highest BCUT2D eigenvalue weighted by Gasteiger charge is 2.19. The number of hydrogen-bond donors (Lipinski definition) is 1. The standard InChI is InChI=1S/C24H30ClNO6/c1-4-7-18-21(11-9-17(24(18)28)20(5-2)26-29)31-12-6-13-32-22-10-8-16(14-19(22)25)15-23(27)30-3/h8-11,14,20,28H,4-7,12-13,15H2,1-3H3. The predicted molar refractivity (Wildman–Crippen MR) is 124 cm³/mol. The number of rotatable bonds is 13. The third-order valence-corrected chi connectivity index (χ3v) is 5.32. The molecule has 0 heterocycles. The molecule has 0 aliphatic rings. The average Bonchev–Trinajstić information content (AvgIpc) is 2.78. The van der Waals surface area contributed by atoms with Gasteiger partial charge in [-0.15, -0.1) is 0 Å². The van der Waals surface area contributed by atoms with Crippen LogP contribution in [0.25, 0.3) is 0 Å². The third-order valence-electron chi connectivity index (χ3n) is 5.02. The molecule has 1 atom stereocenters. The van der Waals surface area contributed by atoms with E-state index in [9.17, 15) is 14.8 Å². The number of nitrogens with zero attached hydrogens (tertiary/aromatic N) is 1. The molecule has 0 saturated carbocycles. The van der Waals surface area contributed by atoms with E-state index in [-0.39, 0.29) is 18.1 Å². The maximum Gasteiger partial charge on any atom is 0.309 e. The molecule has 0 bridgehead atoms. The number of carbonyl (C=O) groups excluding carboxylic acids is 1. The van der Waals surface area contributed by atoms with Crippen molar-refractivity contribution in [1.29, 1.82) is 0 Å². The summed E-state index contributed by atoms with van der Waals surface area (Å²) >= 11 is 6.24. The number of esters is 1. The molecule has 0 aliphatic heterocycles. The van der Waals surface area contributed by atoms with E-state index in [0.717, 1.165) is 12.0 Å². The number of hydrogen-bond acceptors (Lipinski definition) is 7. The number of phenolic OH excluding ortho intramolecular Hbond substituents is 1. The maximum absolute atomic E-state index is 11.4. The van der Waals surface area contributed by atoms with Gasteiger partial charge < -0.3 is 19.3 Å². The van der Waals surface area contributed by atoms with E-state index in [1.54, 1.807) is 30.3 Å². The van der Waals surface area contributed by atoms with Crippen LogP contribution in [-0.2, 0) is 22.4 Å². The van der Waals surface area contributed by atoms with Crippen LogP contribution in [0.4, 0.5) is 0 Å². The van der Waals surface area contributed by atoms with Gasteiger partial charge in [0.25, 0.3) is 0 Å². The molecule has 0 aliphatic carbocycles. The number of halogens is 1. The number of methoxy groups -OCH3 is 1. The SMILES string of the molecule is CCCc1c(OCCCOc2ccc(CC(=O)OC)cc2Cl)ccc(C(CC)N=O)c1O. The van der Waals surface area contributed by atoms with Crippen molar-refractivity contribution in [2.45, 2.75) is 52.0 Å². The van der Waals surface area contributed by atoms with Gasteiger partial charge in [0, 0.05) is 17.5 Å². The topological polar surface area (TPSA) is 94.4 Å². The minimum atomic E-state index is -0.572. The van der Waals surface area contributed by atoms with Crippen LogP contribution >= 0.6 is 11.6 Å². The number of carbonyl (C=O) groups is 1. The van der Waals surface area contributed by atoms with E-state index in [4.69, 9.17) is 21.1 Å². The van der Waals surface area contributed by atoms with Crippen molar-refractivity contribution < 1.29 is 24.1 Å². The summed E-state index contributed by atoms with van der Waals surface area (Å²) in [6.45, 7) is 4.64. The van der Waals surface area contributed by atoms with Gasteiger partial charge in [-0.3, -0.25) is 4.79 Å². The summed E-state index contributed by atoms with van der Waals surface area (Å²) in [4.78, 5) is 22.4. The summed E-state index contributed by atoms with van der Waals surface area (Å²) in [7, 11) is 1.34. The maximum atomic E-state index is 11.4. The van der Waals surface area contributed by atoms with Crippen LogP contribution in [0.15, 0.2) is 35.5 Å². The summed E-state index contributed by atoms with van der Waals surface area (Å²) in [5, 5.41) is 14.2. The zero-order valence-corrected chi connectivity index (χ0v) is 19.5. The largest absolute Gasteiger partial charge is 0.507 e. The van der Waals surface area contributed by atoms with Gasteiger partial charge in [0.2, 0.25) is 0 Å². The van der Waals surface area contributed by atoms with Gasteiger partial charge in [-0.1, -0.05) is 43.1 Å². The minimum Gasteiger partial charge on any atom is -0.507 e. The number of aromatic hydroxyl groups is 1. The normalized spacial score (nSPS) is 11.6. The lowest BCUT2D eigenvalue weighted by Crippen LogP contribution is -2.08. The zero-order valence-electron chi connectivity index (χ0n) is 18.7. The van der Waals surface area contributed by atoms with Gasteiger partial charge in [0.1, 0.15) is 23.3 Å². The van der Waals surface area contributed by atoms with Crippen molar-refractivity contribution in [3.8, 4) is 17.2 Å². The van der Waals surface area contributed by atoms with Crippen molar-refractivity contribution in [2.24, 2.45) is 5.18 Å². The first kappa shape index (κ1) is 25.5. The minimum absolute atomic E-state index is 0.0888. The molecule has 0 radical (unpaired) electrons. The smallest absolute Gasteiger partial charge is 0.309 e. The van der Waals surface area contributed by atoms with Crippen molar-refractivity contribution in [1.82, 2.24) is 0 Å². The Bertz CT molecular complexity index is 918. The van der Waals surface area contributed by atoms with E-state index in [1.807, 2.05) is 13.8 Å². The van der Waals surface area contributed by atoms with Gasteiger partial charge in [0.05, 0.1) is 31.8 Å². The lowest BCUT2D eigenvalue weighted by atomic mass is 9.98. The summed E-state index contributed by atoms with van der Waals surface area (Å²) < 4.78 is 16.3. The van der Waals surface area contributed by atoms with Crippen LogP contribution < -0.4 is 9.47 Å². The van der Waals surface area contributed by atoms with Crippen LogP contribution in [-0.4, -0.2) is 31.4 Å². The number of benzene rings is 2. The van der Waals surface area contributed by atoms with Crippen molar-refractivity contribution >= 4 is 17.6 Å². The highest BCUT2D eigenvalue weighted by atomic mass is 35.5. The highest BCUT2D eigenvalue weighted by Crippen LogP contribution is 2.38. The summed E-state index contributed by atoms with van der Waals surface area (Å²) in [5.41, 5.74) is 1.98. The fourth-order valence-corrected chi connectivity index (χ4v) is 3.57. The molecule has 0 aromatic heterocycles. The van der Waals surface area contributed by atoms with Crippen molar-refractivity contribution in [3.05, 3.63) is 57.0 Å². The lowest BCUT2D eigenvalue weighted by Gasteiger charge is -2.17. The molecule has 2 aromatic rings. The number of nitroso groups, excluding NO2 is 1. The molecule has 174 valence electrons. The third kappa shape index (κ3) is 6.85. The monoisotopic (exact) mass is 463 g/mol. The Balaban J connectivity index is 1.93. The molecule has 1 unspecified atom stereocenters. The first-order valence-electron chi connectivity index (χ1n) is 10.7. The fraction of sp³-hybridized carbons (Fsp3) is 0.458. The van der Waals surface area contributed by atoms with Gasteiger partial charge in [-0.05, 0) is 42.7 Å². The Labute approximate surface area is 193 Å². The number of ether oxygens (including phenoxy) is 3. The Morgan fingerprint density at radius 3 is 2.41 bits per heavy atom. The Morgan fingerprint density at radius 2 is 1.81 bits per heavy atom. The second kappa shape index (κ2) is 12.9. The molecule has 0 spiro atoms. The second-order valence-corrected chi connectivity index (χ2v) is 7.73. The van der Waals surface area contributed by atoms with E-state index in [2.05, 4.69) is 9.91 Å². The van der Waals surface area contributed by atoms with Crippen molar-refractivity contribution in [3.63, 3.8) is 0 Å². The quantitative estimate of drug-likeness (QED) is 0.230. The Kier molecular flexibility index (Phi) is 10.3. The van der Waals surface area contributed by atoms with Crippen LogP contribution in [0.2, 0.25) is 5.02 Å². The summed E-state index contributed by atoms with van der Waals surface area (Å²) in [6, 6.07) is 8.09. The van der Waals surface area contributed by atoms with E-state index >= 15 is 0 Å². The first-order chi connectivity index (χ1) is 15.4. The van der Waals surface area contributed by atoms with Crippen molar-refractivity contribution in [2.75, 3.05) is 20.3 Å². The molecule has 0 saturated heterocycles. The molecule has 32 heavy (non-hydrogen) atoms. The second-order valence-electron chi connectivity index (χ2n) is 7.33. The molecule has 2 rings (SSSR count). The van der Waals surface area contributed by atoms with Crippen LogP contribution in [0.1, 0.15) is 55.8 Å². The van der Waals surface area contributed by atoms with Crippen LogP contribution in [0.3, 0.4) is 0 Å². The molecule has 8 heteroatoms. The molecular formula is C24H30ClNO6. The molecule has 0 fully saturated rings. The van der Waals surface area contributed by atoms with E-state index < -0.39 is 6.04 Å².